The Morgan fingerprint density at radius 3 is 2.96 bits per heavy atom. The lowest BCUT2D eigenvalue weighted by Gasteiger charge is -2.02. The number of carbonyl (C=O) groups is 1. The van der Waals surface area contributed by atoms with Crippen LogP contribution in [0, 0.1) is 0 Å². The lowest BCUT2D eigenvalue weighted by atomic mass is 10.2. The first-order chi connectivity index (χ1) is 12.2. The number of fused-ring (bicyclic) bond motifs is 1. The number of nitrogens with one attached hydrogen (secondary N) is 1. The van der Waals surface area contributed by atoms with Crippen LogP contribution in [0.15, 0.2) is 53.0 Å². The Balaban J connectivity index is 1.46. The zero-order valence-corrected chi connectivity index (χ0v) is 13.9. The molecule has 126 valence electrons. The predicted molar refractivity (Wildman–Crippen MR) is 96.6 cm³/mol. The number of hydrogen-bond donors (Lipinski definition) is 1. The van der Waals surface area contributed by atoms with E-state index in [9.17, 15) is 4.79 Å². The zero-order valence-electron chi connectivity index (χ0n) is 13.9. The fourth-order valence-electron chi connectivity index (χ4n) is 2.63. The third kappa shape index (κ3) is 3.55. The topological polar surface area (TPSA) is 64.4 Å². The molecule has 5 heteroatoms. The van der Waals surface area contributed by atoms with Crippen molar-refractivity contribution in [3.63, 3.8) is 0 Å². The Labute approximate surface area is 145 Å². The maximum atomic E-state index is 12.1. The molecule has 1 fully saturated rings. The van der Waals surface area contributed by atoms with Crippen molar-refractivity contribution in [1.82, 2.24) is 4.98 Å². The van der Waals surface area contributed by atoms with Gasteiger partial charge in [-0.25, -0.2) is 4.98 Å². The van der Waals surface area contributed by atoms with Crippen LogP contribution in [0.4, 0.5) is 5.69 Å². The van der Waals surface area contributed by atoms with Crippen molar-refractivity contribution in [2.75, 3.05) is 12.4 Å². The van der Waals surface area contributed by atoms with Crippen LogP contribution in [0.1, 0.15) is 30.2 Å². The van der Waals surface area contributed by atoms with Crippen LogP contribution < -0.4 is 10.1 Å². The SMILES string of the molecule is COc1cccc(/C=C/C(=O)Nc2ccc3oc(C4CC4)nc3c2)c1. The summed E-state index contributed by atoms with van der Waals surface area (Å²) in [5, 5.41) is 2.85. The number of rotatable bonds is 5. The highest BCUT2D eigenvalue weighted by atomic mass is 16.5. The number of methoxy groups -OCH3 is 1. The van der Waals surface area contributed by atoms with Crippen LogP contribution in [0.25, 0.3) is 17.2 Å². The van der Waals surface area contributed by atoms with Gasteiger partial charge in [0.1, 0.15) is 11.3 Å². The second-order valence-electron chi connectivity index (χ2n) is 6.11. The summed E-state index contributed by atoms with van der Waals surface area (Å²) in [6.07, 6.45) is 5.53. The Bertz CT molecular complexity index is 954. The van der Waals surface area contributed by atoms with Gasteiger partial charge in [0.2, 0.25) is 5.91 Å². The summed E-state index contributed by atoms with van der Waals surface area (Å²) >= 11 is 0. The molecule has 0 spiro atoms. The predicted octanol–water partition coefficient (Wildman–Crippen LogP) is 4.37. The van der Waals surface area contributed by atoms with E-state index in [1.165, 1.54) is 6.08 Å². The van der Waals surface area contributed by atoms with Gasteiger partial charge in [-0.3, -0.25) is 4.79 Å². The van der Waals surface area contributed by atoms with Gasteiger partial charge in [-0.05, 0) is 54.8 Å². The molecule has 5 nitrogen and oxygen atoms in total. The molecule has 1 amide bonds. The van der Waals surface area contributed by atoms with Crippen molar-refractivity contribution in [3.05, 3.63) is 60.0 Å². The number of ether oxygens (including phenoxy) is 1. The van der Waals surface area contributed by atoms with Crippen LogP contribution in [-0.4, -0.2) is 18.0 Å². The van der Waals surface area contributed by atoms with Gasteiger partial charge in [0, 0.05) is 17.7 Å². The van der Waals surface area contributed by atoms with E-state index in [1.807, 2.05) is 42.5 Å². The second kappa shape index (κ2) is 6.43. The van der Waals surface area contributed by atoms with Crippen molar-refractivity contribution in [2.24, 2.45) is 0 Å². The molecular weight excluding hydrogens is 316 g/mol. The highest BCUT2D eigenvalue weighted by Crippen LogP contribution is 2.40. The monoisotopic (exact) mass is 334 g/mol. The molecule has 1 aliphatic carbocycles. The molecule has 1 heterocycles. The second-order valence-corrected chi connectivity index (χ2v) is 6.11. The van der Waals surface area contributed by atoms with Gasteiger partial charge in [0.15, 0.2) is 11.5 Å². The van der Waals surface area contributed by atoms with Crippen LogP contribution in [0.3, 0.4) is 0 Å². The fraction of sp³-hybridized carbons (Fsp3) is 0.200. The minimum atomic E-state index is -0.201. The van der Waals surface area contributed by atoms with Gasteiger partial charge >= 0.3 is 0 Å². The van der Waals surface area contributed by atoms with E-state index in [-0.39, 0.29) is 5.91 Å². The molecule has 1 saturated carbocycles. The molecular formula is C20H18N2O3. The number of aromatic nitrogens is 1. The molecule has 1 aliphatic rings. The van der Waals surface area contributed by atoms with Gasteiger partial charge in [-0.1, -0.05) is 12.1 Å². The van der Waals surface area contributed by atoms with Crippen molar-refractivity contribution >= 4 is 28.8 Å². The molecule has 4 rings (SSSR count). The number of hydrogen-bond acceptors (Lipinski definition) is 4. The van der Waals surface area contributed by atoms with E-state index in [0.29, 0.717) is 11.6 Å². The summed E-state index contributed by atoms with van der Waals surface area (Å²) in [7, 11) is 1.62. The number of oxazole rings is 1. The molecule has 3 aromatic rings. The average Bonchev–Trinajstić information content (AvgIpc) is 3.40. The summed E-state index contributed by atoms with van der Waals surface area (Å²) < 4.78 is 10.9. The Morgan fingerprint density at radius 1 is 1.28 bits per heavy atom. The molecule has 0 saturated heterocycles. The normalized spacial score (nSPS) is 14.1. The van der Waals surface area contributed by atoms with E-state index in [0.717, 1.165) is 41.1 Å². The highest BCUT2D eigenvalue weighted by molar-refractivity contribution is 6.02. The Kier molecular flexibility index (Phi) is 3.98. The van der Waals surface area contributed by atoms with Crippen molar-refractivity contribution in [1.29, 1.82) is 0 Å². The van der Waals surface area contributed by atoms with Gasteiger partial charge in [0.25, 0.3) is 0 Å². The number of amides is 1. The molecule has 0 aliphatic heterocycles. The van der Waals surface area contributed by atoms with E-state index in [4.69, 9.17) is 9.15 Å². The molecule has 0 unspecified atom stereocenters. The number of carbonyl (C=O) groups excluding carboxylic acids is 1. The summed E-state index contributed by atoms with van der Waals surface area (Å²) in [4.78, 5) is 16.6. The van der Waals surface area contributed by atoms with E-state index < -0.39 is 0 Å². The molecule has 1 aromatic heterocycles. The fourth-order valence-corrected chi connectivity index (χ4v) is 2.63. The molecule has 1 N–H and O–H groups in total. The first-order valence-corrected chi connectivity index (χ1v) is 8.25. The summed E-state index contributed by atoms with van der Waals surface area (Å²) in [6, 6.07) is 13.0. The average molecular weight is 334 g/mol. The molecule has 2 aromatic carbocycles. The van der Waals surface area contributed by atoms with Crippen LogP contribution >= 0.6 is 0 Å². The minimum Gasteiger partial charge on any atom is -0.497 e. The molecule has 0 radical (unpaired) electrons. The van der Waals surface area contributed by atoms with Gasteiger partial charge in [-0.2, -0.15) is 0 Å². The summed E-state index contributed by atoms with van der Waals surface area (Å²) in [5.41, 5.74) is 3.13. The zero-order chi connectivity index (χ0) is 17.2. The largest absolute Gasteiger partial charge is 0.497 e. The smallest absolute Gasteiger partial charge is 0.248 e. The van der Waals surface area contributed by atoms with E-state index >= 15 is 0 Å². The van der Waals surface area contributed by atoms with Gasteiger partial charge < -0.3 is 14.5 Å². The molecule has 0 atom stereocenters. The first-order valence-electron chi connectivity index (χ1n) is 8.25. The van der Waals surface area contributed by atoms with Gasteiger partial charge in [0.05, 0.1) is 7.11 Å². The van der Waals surface area contributed by atoms with Crippen molar-refractivity contribution < 1.29 is 13.9 Å². The Hall–Kier alpha value is -3.08. The standard InChI is InChI=1S/C20H18N2O3/c1-24-16-4-2-3-13(11-16)5-10-19(23)21-15-8-9-18-17(12-15)22-20(25-18)14-6-7-14/h2-5,8-12,14H,6-7H2,1H3,(H,21,23)/b10-5+. The number of anilines is 1. The molecule has 0 bridgehead atoms. The van der Waals surface area contributed by atoms with Crippen molar-refractivity contribution in [2.45, 2.75) is 18.8 Å². The van der Waals surface area contributed by atoms with Crippen molar-refractivity contribution in [3.8, 4) is 5.75 Å². The highest BCUT2D eigenvalue weighted by Gasteiger charge is 2.28. The summed E-state index contributed by atoms with van der Waals surface area (Å²) in [5.74, 6) is 1.83. The lowest BCUT2D eigenvalue weighted by molar-refractivity contribution is -0.111. The lowest BCUT2D eigenvalue weighted by Crippen LogP contribution is -2.07. The number of benzene rings is 2. The van der Waals surface area contributed by atoms with E-state index in [2.05, 4.69) is 10.3 Å². The third-order valence-electron chi connectivity index (χ3n) is 4.12. The first kappa shape index (κ1) is 15.4. The molecule has 25 heavy (non-hydrogen) atoms. The third-order valence-corrected chi connectivity index (χ3v) is 4.12. The summed E-state index contributed by atoms with van der Waals surface area (Å²) in [6.45, 7) is 0. The van der Waals surface area contributed by atoms with Gasteiger partial charge in [-0.15, -0.1) is 0 Å². The maximum absolute atomic E-state index is 12.1. The van der Waals surface area contributed by atoms with E-state index in [1.54, 1.807) is 13.2 Å². The Morgan fingerprint density at radius 2 is 2.16 bits per heavy atom. The minimum absolute atomic E-state index is 0.201. The maximum Gasteiger partial charge on any atom is 0.248 e. The van der Waals surface area contributed by atoms with Crippen LogP contribution in [0.2, 0.25) is 0 Å². The van der Waals surface area contributed by atoms with Crippen LogP contribution in [0.5, 0.6) is 5.75 Å². The van der Waals surface area contributed by atoms with Crippen LogP contribution in [-0.2, 0) is 4.79 Å². The number of nitrogens with zero attached hydrogens (tertiary/aromatic N) is 1. The quantitative estimate of drug-likeness (QED) is 0.704.